The van der Waals surface area contributed by atoms with Gasteiger partial charge in [-0.15, -0.1) is 0 Å². The van der Waals surface area contributed by atoms with Gasteiger partial charge in [0.1, 0.15) is 12.0 Å². The van der Waals surface area contributed by atoms with Crippen molar-refractivity contribution in [3.8, 4) is 5.75 Å². The monoisotopic (exact) mass is 255 g/mol. The number of phenolic OH excluding ortho intramolecular Hbond substituents is 1. The van der Waals surface area contributed by atoms with E-state index in [2.05, 4.69) is 0 Å². The molecule has 1 aliphatic heterocycles. The van der Waals surface area contributed by atoms with Gasteiger partial charge in [0.15, 0.2) is 0 Å². The Balaban J connectivity index is 2.49. The first-order chi connectivity index (χ1) is 8.04. The van der Waals surface area contributed by atoms with Gasteiger partial charge in [-0.1, -0.05) is 11.6 Å². The predicted molar refractivity (Wildman–Crippen MR) is 60.2 cm³/mol. The lowest BCUT2D eigenvalue weighted by Gasteiger charge is -2.32. The fourth-order valence-corrected chi connectivity index (χ4v) is 2.24. The Morgan fingerprint density at radius 3 is 2.76 bits per heavy atom. The molecule has 17 heavy (non-hydrogen) atoms. The zero-order valence-corrected chi connectivity index (χ0v) is 9.52. The molecule has 2 N–H and O–H groups in total. The van der Waals surface area contributed by atoms with E-state index in [1.807, 2.05) is 0 Å². The number of benzene rings is 1. The number of aldehydes is 1. The lowest BCUT2D eigenvalue weighted by atomic mass is 9.94. The second-order valence-corrected chi connectivity index (χ2v) is 4.25. The molecular formula is C11H10ClNO4. The fraction of sp³-hybridized carbons (Fsp3) is 0.273. The topological polar surface area (TPSA) is 77.8 Å². The molecule has 1 aromatic rings. The van der Waals surface area contributed by atoms with E-state index in [0.717, 1.165) is 4.90 Å². The van der Waals surface area contributed by atoms with Crippen LogP contribution >= 0.6 is 11.6 Å². The molecule has 1 amide bonds. The molecule has 0 spiro atoms. The predicted octanol–water partition coefficient (Wildman–Crippen LogP) is 1.65. The van der Waals surface area contributed by atoms with Crippen LogP contribution in [0.15, 0.2) is 12.1 Å². The first kappa shape index (κ1) is 11.7. The minimum Gasteiger partial charge on any atom is -0.508 e. The van der Waals surface area contributed by atoms with Crippen molar-refractivity contribution < 1.29 is 19.8 Å². The van der Waals surface area contributed by atoms with E-state index in [4.69, 9.17) is 16.7 Å². The summed E-state index contributed by atoms with van der Waals surface area (Å²) in [5.41, 5.74) is 1.11. The van der Waals surface area contributed by atoms with Gasteiger partial charge >= 0.3 is 6.09 Å². The summed E-state index contributed by atoms with van der Waals surface area (Å²) in [5.74, 6) is -0.000000945. The maximum absolute atomic E-state index is 11.0. The summed E-state index contributed by atoms with van der Waals surface area (Å²) in [6, 6.07) is 2.20. The van der Waals surface area contributed by atoms with Crippen molar-refractivity contribution in [2.45, 2.75) is 19.0 Å². The molecule has 5 nitrogen and oxygen atoms in total. The summed E-state index contributed by atoms with van der Waals surface area (Å²) in [6.07, 6.45) is -0.414. The highest BCUT2D eigenvalue weighted by Crippen LogP contribution is 2.34. The van der Waals surface area contributed by atoms with Gasteiger partial charge < -0.3 is 15.0 Å². The Kier molecular flexibility index (Phi) is 2.93. The number of fused-ring (bicyclic) bond motifs is 1. The normalized spacial score (nSPS) is 18.6. The Bertz CT molecular complexity index is 489. The highest BCUT2D eigenvalue weighted by Gasteiger charge is 2.31. The van der Waals surface area contributed by atoms with Crippen LogP contribution in [0.4, 0.5) is 4.79 Å². The third-order valence-electron chi connectivity index (χ3n) is 2.89. The molecule has 90 valence electrons. The molecule has 0 saturated heterocycles. The quantitative estimate of drug-likeness (QED) is 0.748. The lowest BCUT2D eigenvalue weighted by molar-refractivity contribution is -0.112. The molecule has 2 rings (SSSR count). The van der Waals surface area contributed by atoms with Crippen molar-refractivity contribution in [2.24, 2.45) is 0 Å². The van der Waals surface area contributed by atoms with Gasteiger partial charge in [-0.25, -0.2) is 4.79 Å². The second kappa shape index (κ2) is 4.25. The zero-order valence-electron chi connectivity index (χ0n) is 8.76. The molecule has 0 aromatic heterocycles. The zero-order chi connectivity index (χ0) is 12.6. The molecule has 1 heterocycles. The Labute approximate surface area is 102 Å². The van der Waals surface area contributed by atoms with Crippen LogP contribution in [0.5, 0.6) is 5.75 Å². The average Bonchev–Trinajstić information content (AvgIpc) is 2.32. The van der Waals surface area contributed by atoms with E-state index in [-0.39, 0.29) is 18.7 Å². The van der Waals surface area contributed by atoms with Crippen molar-refractivity contribution in [1.29, 1.82) is 0 Å². The second-order valence-electron chi connectivity index (χ2n) is 3.84. The third kappa shape index (κ3) is 1.93. The average molecular weight is 256 g/mol. The van der Waals surface area contributed by atoms with E-state index in [1.165, 1.54) is 12.1 Å². The summed E-state index contributed by atoms with van der Waals surface area (Å²) in [7, 11) is 0. The van der Waals surface area contributed by atoms with E-state index in [1.54, 1.807) is 0 Å². The molecule has 0 saturated carbocycles. The number of carboxylic acid groups (broad SMARTS) is 1. The van der Waals surface area contributed by atoms with Crippen LogP contribution in [0.2, 0.25) is 5.02 Å². The van der Waals surface area contributed by atoms with Gasteiger partial charge in [-0.2, -0.15) is 0 Å². The minimum absolute atomic E-state index is 0.000000945. The van der Waals surface area contributed by atoms with Crippen LogP contribution < -0.4 is 0 Å². The van der Waals surface area contributed by atoms with Crippen molar-refractivity contribution in [2.75, 3.05) is 0 Å². The Hall–Kier alpha value is -1.75. The molecule has 0 fully saturated rings. The van der Waals surface area contributed by atoms with Crippen molar-refractivity contribution >= 4 is 24.0 Å². The number of phenols is 1. The summed E-state index contributed by atoms with van der Waals surface area (Å²) in [6.45, 7) is -0.0273. The number of nitrogens with zero attached hydrogens (tertiary/aromatic N) is 1. The first-order valence-corrected chi connectivity index (χ1v) is 5.36. The number of amides is 1. The van der Waals surface area contributed by atoms with Crippen LogP contribution in [0, 0.1) is 0 Å². The number of hydrogen-bond donors (Lipinski definition) is 2. The highest BCUT2D eigenvalue weighted by atomic mass is 35.5. The Morgan fingerprint density at radius 2 is 2.18 bits per heavy atom. The number of rotatable bonds is 1. The van der Waals surface area contributed by atoms with Gasteiger partial charge in [-0.05, 0) is 17.7 Å². The molecule has 0 radical (unpaired) electrons. The van der Waals surface area contributed by atoms with Crippen LogP contribution in [-0.4, -0.2) is 33.5 Å². The highest BCUT2D eigenvalue weighted by molar-refractivity contribution is 6.31. The third-order valence-corrected chi connectivity index (χ3v) is 3.25. The summed E-state index contributed by atoms with van der Waals surface area (Å²) < 4.78 is 0. The maximum atomic E-state index is 11.0. The van der Waals surface area contributed by atoms with Gasteiger partial charge in [0, 0.05) is 17.0 Å². The van der Waals surface area contributed by atoms with Gasteiger partial charge in [0.2, 0.25) is 0 Å². The van der Waals surface area contributed by atoms with Crippen LogP contribution in [0.3, 0.4) is 0 Å². The number of aromatic hydroxyl groups is 1. The first-order valence-electron chi connectivity index (χ1n) is 4.98. The molecule has 1 atom stereocenters. The lowest BCUT2D eigenvalue weighted by Crippen LogP contribution is -2.44. The van der Waals surface area contributed by atoms with E-state index in [0.29, 0.717) is 22.4 Å². The van der Waals surface area contributed by atoms with Gasteiger partial charge in [-0.3, -0.25) is 4.90 Å². The van der Waals surface area contributed by atoms with Crippen LogP contribution in [0.25, 0.3) is 0 Å². The molecule has 0 bridgehead atoms. The van der Waals surface area contributed by atoms with E-state index >= 15 is 0 Å². The number of hydrogen-bond acceptors (Lipinski definition) is 3. The largest absolute Gasteiger partial charge is 0.508 e. The SMILES string of the molecule is O=CC1Cc2c(Cl)ccc(O)c2CN1C(=O)O. The summed E-state index contributed by atoms with van der Waals surface area (Å²) in [5, 5.41) is 19.1. The molecular weight excluding hydrogens is 246 g/mol. The minimum atomic E-state index is -1.19. The van der Waals surface area contributed by atoms with E-state index < -0.39 is 12.1 Å². The molecule has 1 aliphatic rings. The van der Waals surface area contributed by atoms with Crippen LogP contribution in [0.1, 0.15) is 11.1 Å². The number of carbonyl (C=O) groups is 2. The Morgan fingerprint density at radius 1 is 1.47 bits per heavy atom. The molecule has 1 unspecified atom stereocenters. The van der Waals surface area contributed by atoms with Gasteiger partial charge in [0.05, 0.1) is 12.6 Å². The van der Waals surface area contributed by atoms with Crippen molar-refractivity contribution in [1.82, 2.24) is 4.90 Å². The van der Waals surface area contributed by atoms with Crippen LogP contribution in [-0.2, 0) is 17.8 Å². The van der Waals surface area contributed by atoms with Crippen molar-refractivity contribution in [3.05, 3.63) is 28.3 Å². The smallest absolute Gasteiger partial charge is 0.408 e. The summed E-state index contributed by atoms with van der Waals surface area (Å²) in [4.78, 5) is 22.8. The van der Waals surface area contributed by atoms with E-state index in [9.17, 15) is 14.7 Å². The molecule has 0 aliphatic carbocycles. The fourth-order valence-electron chi connectivity index (χ4n) is 1.99. The summed E-state index contributed by atoms with van der Waals surface area (Å²) >= 11 is 5.97. The molecule has 6 heteroatoms. The molecule has 1 aromatic carbocycles. The number of carbonyl (C=O) groups excluding carboxylic acids is 1. The van der Waals surface area contributed by atoms with Crippen molar-refractivity contribution in [3.63, 3.8) is 0 Å². The van der Waals surface area contributed by atoms with Gasteiger partial charge in [0.25, 0.3) is 0 Å². The maximum Gasteiger partial charge on any atom is 0.408 e. The standard InChI is InChI=1S/C11H10ClNO4/c12-9-1-2-10(15)8-4-13(11(16)17)6(5-14)3-7(8)9/h1-2,5-6,15H,3-4H2,(H,16,17). The number of halogens is 1.